The Kier molecular flexibility index (Phi) is 1.18. The van der Waals surface area contributed by atoms with Gasteiger partial charge in [0.25, 0.3) is 0 Å². The highest BCUT2D eigenvalue weighted by atomic mass is 32.2. The van der Waals surface area contributed by atoms with E-state index in [1.807, 2.05) is 11.8 Å². The lowest BCUT2D eigenvalue weighted by molar-refractivity contribution is -0.126. The lowest BCUT2D eigenvalue weighted by Crippen LogP contribution is -2.29. The summed E-state index contributed by atoms with van der Waals surface area (Å²) in [6.07, 6.45) is 2.24. The van der Waals surface area contributed by atoms with Gasteiger partial charge in [-0.1, -0.05) is 0 Å². The normalized spacial score (nSPS) is 49.7. The highest BCUT2D eigenvalue weighted by Crippen LogP contribution is 2.54. The second-order valence-electron chi connectivity index (χ2n) is 3.70. The van der Waals surface area contributed by atoms with Crippen molar-refractivity contribution in [2.24, 2.45) is 11.8 Å². The highest BCUT2D eigenvalue weighted by molar-refractivity contribution is 8.01. The zero-order chi connectivity index (χ0) is 8.29. The van der Waals surface area contributed by atoms with E-state index < -0.39 is 0 Å². The number of imide groups is 1. The van der Waals surface area contributed by atoms with Gasteiger partial charge in [-0.25, -0.2) is 0 Å². The number of thioether (sulfide) groups is 1. The molecule has 1 N–H and O–H groups in total. The van der Waals surface area contributed by atoms with E-state index in [-0.39, 0.29) is 23.7 Å². The predicted octanol–water partition coefficient (Wildman–Crippen LogP) is 0.153. The summed E-state index contributed by atoms with van der Waals surface area (Å²) in [6, 6.07) is 0. The lowest BCUT2D eigenvalue weighted by Gasteiger charge is -2.17. The molecular formula is C8H9NO2S. The third-order valence-corrected chi connectivity index (χ3v) is 4.88. The van der Waals surface area contributed by atoms with Crippen LogP contribution in [0.1, 0.15) is 12.8 Å². The van der Waals surface area contributed by atoms with Crippen LogP contribution in [0.4, 0.5) is 0 Å². The number of rotatable bonds is 0. The SMILES string of the molecule is O=C1NC(=O)C2C3CCC(S3)C12. The minimum Gasteiger partial charge on any atom is -0.296 e. The minimum absolute atomic E-state index is 0.0150. The smallest absolute Gasteiger partial charge is 0.231 e. The van der Waals surface area contributed by atoms with Gasteiger partial charge in [-0.3, -0.25) is 14.9 Å². The minimum atomic E-state index is -0.0234. The Labute approximate surface area is 74.3 Å². The van der Waals surface area contributed by atoms with Crippen molar-refractivity contribution in [1.82, 2.24) is 5.32 Å². The van der Waals surface area contributed by atoms with Crippen molar-refractivity contribution in [2.75, 3.05) is 0 Å². The van der Waals surface area contributed by atoms with Crippen LogP contribution in [-0.2, 0) is 9.59 Å². The summed E-state index contributed by atoms with van der Waals surface area (Å²) < 4.78 is 0. The number of hydrogen-bond acceptors (Lipinski definition) is 3. The molecular weight excluding hydrogens is 174 g/mol. The number of amides is 2. The monoisotopic (exact) mass is 183 g/mol. The van der Waals surface area contributed by atoms with Crippen LogP contribution in [-0.4, -0.2) is 22.3 Å². The maximum Gasteiger partial charge on any atom is 0.231 e. The number of carbonyl (C=O) groups is 2. The quantitative estimate of drug-likeness (QED) is 0.544. The fraction of sp³-hybridized carbons (Fsp3) is 0.750. The maximum atomic E-state index is 11.3. The summed E-state index contributed by atoms with van der Waals surface area (Å²) in [4.78, 5) is 22.6. The average molecular weight is 183 g/mol. The Bertz CT molecular complexity index is 252. The van der Waals surface area contributed by atoms with E-state index in [0.717, 1.165) is 12.8 Å². The van der Waals surface area contributed by atoms with E-state index in [9.17, 15) is 9.59 Å². The van der Waals surface area contributed by atoms with Crippen LogP contribution in [0, 0.1) is 11.8 Å². The summed E-state index contributed by atoms with van der Waals surface area (Å²) in [6.45, 7) is 0. The van der Waals surface area contributed by atoms with Gasteiger partial charge in [0.15, 0.2) is 0 Å². The Hall–Kier alpha value is -0.510. The van der Waals surface area contributed by atoms with E-state index in [1.54, 1.807) is 0 Å². The Morgan fingerprint density at radius 2 is 1.58 bits per heavy atom. The van der Waals surface area contributed by atoms with Crippen molar-refractivity contribution in [3.05, 3.63) is 0 Å². The maximum absolute atomic E-state index is 11.3. The van der Waals surface area contributed by atoms with E-state index in [2.05, 4.69) is 5.32 Å². The van der Waals surface area contributed by atoms with E-state index in [1.165, 1.54) is 0 Å². The van der Waals surface area contributed by atoms with Gasteiger partial charge in [-0.15, -0.1) is 0 Å². The van der Waals surface area contributed by atoms with Gasteiger partial charge < -0.3 is 0 Å². The van der Waals surface area contributed by atoms with E-state index in [0.29, 0.717) is 10.5 Å². The molecule has 64 valence electrons. The van der Waals surface area contributed by atoms with Crippen molar-refractivity contribution in [3.8, 4) is 0 Å². The van der Waals surface area contributed by atoms with Crippen LogP contribution in [0.3, 0.4) is 0 Å². The highest BCUT2D eigenvalue weighted by Gasteiger charge is 2.58. The van der Waals surface area contributed by atoms with Gasteiger partial charge in [-0.05, 0) is 12.8 Å². The first-order valence-electron chi connectivity index (χ1n) is 4.27. The van der Waals surface area contributed by atoms with Crippen molar-refractivity contribution in [1.29, 1.82) is 0 Å². The molecule has 3 fully saturated rings. The van der Waals surface area contributed by atoms with Crippen molar-refractivity contribution in [3.63, 3.8) is 0 Å². The first-order chi connectivity index (χ1) is 5.77. The molecule has 12 heavy (non-hydrogen) atoms. The first-order valence-corrected chi connectivity index (χ1v) is 5.22. The molecule has 0 aromatic heterocycles. The summed E-state index contributed by atoms with van der Waals surface area (Å²) in [5.41, 5.74) is 0. The molecule has 2 bridgehead atoms. The van der Waals surface area contributed by atoms with Crippen molar-refractivity contribution < 1.29 is 9.59 Å². The fourth-order valence-corrected chi connectivity index (χ4v) is 4.55. The van der Waals surface area contributed by atoms with Gasteiger partial charge in [0.1, 0.15) is 0 Å². The summed E-state index contributed by atoms with van der Waals surface area (Å²) in [5, 5.41) is 3.30. The molecule has 2 amide bonds. The van der Waals surface area contributed by atoms with Gasteiger partial charge in [0.2, 0.25) is 11.8 Å². The third-order valence-electron chi connectivity index (χ3n) is 3.13. The molecule has 0 aromatic carbocycles. The second kappa shape index (κ2) is 2.05. The second-order valence-corrected chi connectivity index (χ2v) is 5.18. The summed E-state index contributed by atoms with van der Waals surface area (Å²) >= 11 is 1.85. The van der Waals surface area contributed by atoms with Gasteiger partial charge >= 0.3 is 0 Å². The predicted molar refractivity (Wildman–Crippen MR) is 44.5 cm³/mol. The molecule has 3 saturated heterocycles. The van der Waals surface area contributed by atoms with Crippen molar-refractivity contribution in [2.45, 2.75) is 23.3 Å². The van der Waals surface area contributed by atoms with Crippen LogP contribution < -0.4 is 5.32 Å². The van der Waals surface area contributed by atoms with Crippen LogP contribution in [0.5, 0.6) is 0 Å². The zero-order valence-electron chi connectivity index (χ0n) is 6.45. The van der Waals surface area contributed by atoms with Crippen LogP contribution in [0.15, 0.2) is 0 Å². The van der Waals surface area contributed by atoms with E-state index >= 15 is 0 Å². The molecule has 0 aromatic rings. The summed E-state index contributed by atoms with van der Waals surface area (Å²) in [7, 11) is 0. The molecule has 3 rings (SSSR count). The zero-order valence-corrected chi connectivity index (χ0v) is 7.26. The molecule has 3 nitrogen and oxygen atoms in total. The largest absolute Gasteiger partial charge is 0.296 e. The standard InChI is InChI=1S/C8H9NO2S/c10-7-5-3-1-2-4(12-3)6(5)8(11)9-7/h3-6H,1-2H2,(H,9,10,11). The Balaban J connectivity index is 2.03. The molecule has 3 aliphatic heterocycles. The van der Waals surface area contributed by atoms with Crippen LogP contribution in [0.25, 0.3) is 0 Å². The molecule has 0 aliphatic carbocycles. The number of nitrogens with one attached hydrogen (secondary N) is 1. The molecule has 4 atom stereocenters. The molecule has 3 aliphatic rings. The summed E-state index contributed by atoms with van der Waals surface area (Å²) in [5.74, 6) is -0.0168. The molecule has 0 spiro atoms. The van der Waals surface area contributed by atoms with Crippen LogP contribution >= 0.6 is 11.8 Å². The molecule has 4 unspecified atom stereocenters. The molecule has 0 radical (unpaired) electrons. The molecule has 4 heteroatoms. The molecule has 0 saturated carbocycles. The van der Waals surface area contributed by atoms with E-state index in [4.69, 9.17) is 0 Å². The Morgan fingerprint density at radius 1 is 1.08 bits per heavy atom. The first kappa shape index (κ1) is 6.95. The topological polar surface area (TPSA) is 46.2 Å². The average Bonchev–Trinajstić information content (AvgIpc) is 2.64. The Morgan fingerprint density at radius 3 is 2.08 bits per heavy atom. The number of fused-ring (bicyclic) bond motifs is 5. The van der Waals surface area contributed by atoms with Crippen LogP contribution in [0.2, 0.25) is 0 Å². The number of carbonyl (C=O) groups excluding carboxylic acids is 2. The third kappa shape index (κ3) is 0.648. The van der Waals surface area contributed by atoms with Gasteiger partial charge in [0, 0.05) is 10.5 Å². The fourth-order valence-electron chi connectivity index (χ4n) is 2.63. The molecule has 3 heterocycles. The van der Waals surface area contributed by atoms with Gasteiger partial charge in [-0.2, -0.15) is 11.8 Å². The lowest BCUT2D eigenvalue weighted by atomic mass is 9.81. The van der Waals surface area contributed by atoms with Crippen molar-refractivity contribution >= 4 is 23.6 Å². The number of hydrogen-bond donors (Lipinski definition) is 1. The van der Waals surface area contributed by atoms with Gasteiger partial charge in [0.05, 0.1) is 11.8 Å².